The third-order valence-electron chi connectivity index (χ3n) is 5.17. The van der Waals surface area contributed by atoms with E-state index in [0.717, 1.165) is 52.1 Å². The maximum absolute atomic E-state index is 13.9. The van der Waals surface area contributed by atoms with Crippen LogP contribution in [0.1, 0.15) is 18.4 Å². The molecule has 0 radical (unpaired) electrons. The number of nitrogens with one attached hydrogen (secondary N) is 1. The Balaban J connectivity index is 1.37. The molecule has 0 aliphatic carbocycles. The number of hydrogen-bond donors (Lipinski definition) is 1. The van der Waals surface area contributed by atoms with Crippen LogP contribution in [0, 0.1) is 5.82 Å². The van der Waals surface area contributed by atoms with Gasteiger partial charge in [-0.15, -0.1) is 0 Å². The lowest BCUT2D eigenvalue weighted by atomic mass is 10.2. The number of halogens is 2. The maximum Gasteiger partial charge on any atom is 0.241 e. The van der Waals surface area contributed by atoms with E-state index in [-0.39, 0.29) is 30.7 Å². The molecular formula is C19H26ClFN4O2. The summed E-state index contributed by atoms with van der Waals surface area (Å²) in [5.41, 5.74) is 0.519. The molecule has 2 saturated heterocycles. The molecular weight excluding hydrogens is 371 g/mol. The third kappa shape index (κ3) is 5.64. The predicted molar refractivity (Wildman–Crippen MR) is 102 cm³/mol. The van der Waals surface area contributed by atoms with Crippen LogP contribution >= 0.6 is 11.6 Å². The number of hydrogen-bond acceptors (Lipinski definition) is 4. The van der Waals surface area contributed by atoms with E-state index in [1.165, 1.54) is 6.07 Å². The van der Waals surface area contributed by atoms with E-state index >= 15 is 0 Å². The molecule has 27 heavy (non-hydrogen) atoms. The molecule has 0 unspecified atom stereocenters. The van der Waals surface area contributed by atoms with Gasteiger partial charge in [0.1, 0.15) is 5.82 Å². The molecule has 2 heterocycles. The van der Waals surface area contributed by atoms with Gasteiger partial charge in [0.15, 0.2) is 0 Å². The van der Waals surface area contributed by atoms with Crippen LogP contribution in [0.3, 0.4) is 0 Å². The Morgan fingerprint density at radius 2 is 1.70 bits per heavy atom. The summed E-state index contributed by atoms with van der Waals surface area (Å²) in [6.07, 6.45) is 2.09. The van der Waals surface area contributed by atoms with E-state index in [0.29, 0.717) is 17.1 Å². The summed E-state index contributed by atoms with van der Waals surface area (Å²) in [6.45, 7) is 5.34. The molecule has 0 aromatic heterocycles. The lowest BCUT2D eigenvalue weighted by Gasteiger charge is -2.34. The van der Waals surface area contributed by atoms with Gasteiger partial charge in [-0.05, 0) is 25.0 Å². The standard InChI is InChI=1S/C19H26ClFN4O2/c20-16-4-3-5-17(21)15(16)13-23-8-10-24(11-9-23)14-18(26)22-12-19(27)25-6-1-2-7-25/h3-5H,1-2,6-14H2,(H,22,26). The Labute approximate surface area is 164 Å². The highest BCUT2D eigenvalue weighted by atomic mass is 35.5. The van der Waals surface area contributed by atoms with Gasteiger partial charge in [-0.3, -0.25) is 19.4 Å². The average molecular weight is 397 g/mol. The van der Waals surface area contributed by atoms with Gasteiger partial charge in [-0.25, -0.2) is 4.39 Å². The first-order chi connectivity index (χ1) is 13.0. The monoisotopic (exact) mass is 396 g/mol. The van der Waals surface area contributed by atoms with Gasteiger partial charge in [0.05, 0.1) is 13.1 Å². The minimum Gasteiger partial charge on any atom is -0.346 e. The zero-order valence-electron chi connectivity index (χ0n) is 15.4. The second kappa shape index (κ2) is 9.48. The molecule has 0 saturated carbocycles. The summed E-state index contributed by atoms with van der Waals surface area (Å²) in [6, 6.07) is 4.72. The van der Waals surface area contributed by atoms with Gasteiger partial charge in [-0.2, -0.15) is 0 Å². The number of carbonyl (C=O) groups is 2. The Hall–Kier alpha value is -1.70. The average Bonchev–Trinajstić information content (AvgIpc) is 3.19. The van der Waals surface area contributed by atoms with Crippen molar-refractivity contribution >= 4 is 23.4 Å². The van der Waals surface area contributed by atoms with Crippen LogP contribution in [0.2, 0.25) is 5.02 Å². The summed E-state index contributed by atoms with van der Waals surface area (Å²) >= 11 is 6.09. The number of carbonyl (C=O) groups excluding carboxylic acids is 2. The van der Waals surface area contributed by atoms with E-state index in [4.69, 9.17) is 11.6 Å². The summed E-state index contributed by atoms with van der Waals surface area (Å²) in [5.74, 6) is -0.424. The highest BCUT2D eigenvalue weighted by Crippen LogP contribution is 2.21. The first-order valence-corrected chi connectivity index (χ1v) is 9.83. The molecule has 0 atom stereocenters. The zero-order chi connectivity index (χ0) is 19.2. The Morgan fingerprint density at radius 3 is 2.37 bits per heavy atom. The first-order valence-electron chi connectivity index (χ1n) is 9.45. The second-order valence-electron chi connectivity index (χ2n) is 7.12. The van der Waals surface area contributed by atoms with Crippen molar-refractivity contribution in [3.63, 3.8) is 0 Å². The van der Waals surface area contributed by atoms with Crippen molar-refractivity contribution in [2.45, 2.75) is 19.4 Å². The zero-order valence-corrected chi connectivity index (χ0v) is 16.2. The van der Waals surface area contributed by atoms with Crippen LogP contribution in [0.15, 0.2) is 18.2 Å². The van der Waals surface area contributed by atoms with E-state index in [9.17, 15) is 14.0 Å². The summed E-state index contributed by atoms with van der Waals surface area (Å²) in [7, 11) is 0. The van der Waals surface area contributed by atoms with Crippen LogP contribution < -0.4 is 5.32 Å². The van der Waals surface area contributed by atoms with Crippen molar-refractivity contribution in [2.75, 3.05) is 52.4 Å². The summed E-state index contributed by atoms with van der Waals surface area (Å²) < 4.78 is 13.9. The lowest BCUT2D eigenvalue weighted by Crippen LogP contribution is -2.50. The van der Waals surface area contributed by atoms with Gasteiger partial charge < -0.3 is 10.2 Å². The van der Waals surface area contributed by atoms with Gasteiger partial charge in [-0.1, -0.05) is 17.7 Å². The van der Waals surface area contributed by atoms with Crippen molar-refractivity contribution in [1.82, 2.24) is 20.0 Å². The molecule has 6 nitrogen and oxygen atoms in total. The molecule has 1 aromatic carbocycles. The second-order valence-corrected chi connectivity index (χ2v) is 7.52. The van der Waals surface area contributed by atoms with Crippen LogP contribution in [-0.2, 0) is 16.1 Å². The molecule has 2 aliphatic heterocycles. The number of piperazine rings is 1. The number of rotatable bonds is 6. The van der Waals surface area contributed by atoms with Crippen molar-refractivity contribution in [3.05, 3.63) is 34.6 Å². The highest BCUT2D eigenvalue weighted by molar-refractivity contribution is 6.31. The quantitative estimate of drug-likeness (QED) is 0.788. The molecule has 8 heteroatoms. The van der Waals surface area contributed by atoms with E-state index in [1.54, 1.807) is 17.0 Å². The fourth-order valence-electron chi connectivity index (χ4n) is 3.52. The van der Waals surface area contributed by atoms with Crippen LogP contribution in [0.25, 0.3) is 0 Å². The van der Waals surface area contributed by atoms with Crippen molar-refractivity contribution in [2.24, 2.45) is 0 Å². The van der Waals surface area contributed by atoms with E-state index in [2.05, 4.69) is 15.1 Å². The van der Waals surface area contributed by atoms with Gasteiger partial charge >= 0.3 is 0 Å². The summed E-state index contributed by atoms with van der Waals surface area (Å²) in [4.78, 5) is 30.0. The number of benzene rings is 1. The molecule has 2 amide bonds. The normalized spacial score (nSPS) is 18.7. The van der Waals surface area contributed by atoms with Crippen molar-refractivity contribution in [3.8, 4) is 0 Å². The number of amides is 2. The fourth-order valence-corrected chi connectivity index (χ4v) is 3.75. The minimum atomic E-state index is -0.285. The van der Waals surface area contributed by atoms with Gasteiger partial charge in [0.25, 0.3) is 0 Å². The largest absolute Gasteiger partial charge is 0.346 e. The molecule has 2 fully saturated rings. The van der Waals surface area contributed by atoms with E-state index in [1.807, 2.05) is 0 Å². The van der Waals surface area contributed by atoms with Gasteiger partial charge in [0.2, 0.25) is 11.8 Å². The fraction of sp³-hybridized carbons (Fsp3) is 0.579. The van der Waals surface area contributed by atoms with Gasteiger partial charge in [0, 0.05) is 56.4 Å². The molecule has 148 valence electrons. The highest BCUT2D eigenvalue weighted by Gasteiger charge is 2.22. The van der Waals surface area contributed by atoms with Crippen LogP contribution in [0.4, 0.5) is 4.39 Å². The molecule has 3 rings (SSSR count). The molecule has 1 N–H and O–H groups in total. The minimum absolute atomic E-state index is 0.00700. The molecule has 2 aliphatic rings. The SMILES string of the molecule is O=C(CN1CCN(Cc2c(F)cccc2Cl)CC1)NCC(=O)N1CCCC1. The molecule has 0 bridgehead atoms. The number of likely N-dealkylation sites (tertiary alicyclic amines) is 1. The molecule has 0 spiro atoms. The van der Waals surface area contributed by atoms with Crippen molar-refractivity contribution < 1.29 is 14.0 Å². The van der Waals surface area contributed by atoms with E-state index < -0.39 is 0 Å². The lowest BCUT2D eigenvalue weighted by molar-refractivity contribution is -0.132. The third-order valence-corrected chi connectivity index (χ3v) is 5.53. The maximum atomic E-state index is 13.9. The molecule has 1 aromatic rings. The Morgan fingerprint density at radius 1 is 1.04 bits per heavy atom. The smallest absolute Gasteiger partial charge is 0.241 e. The van der Waals surface area contributed by atoms with Crippen LogP contribution in [-0.4, -0.2) is 78.9 Å². The number of nitrogens with zero attached hydrogens (tertiary/aromatic N) is 3. The Kier molecular flexibility index (Phi) is 7.04. The van der Waals surface area contributed by atoms with Crippen LogP contribution in [0.5, 0.6) is 0 Å². The topological polar surface area (TPSA) is 55.9 Å². The van der Waals surface area contributed by atoms with Crippen molar-refractivity contribution in [1.29, 1.82) is 0 Å². The summed E-state index contributed by atoms with van der Waals surface area (Å²) in [5, 5.41) is 3.16. The Bertz CT molecular complexity index is 653. The first kappa shape index (κ1) is 20.0. The predicted octanol–water partition coefficient (Wildman–Crippen LogP) is 1.34.